The Balaban J connectivity index is 1.39. The zero-order chi connectivity index (χ0) is 32.5. The Morgan fingerprint density at radius 1 is 1.15 bits per heavy atom. The number of amides is 1. The number of halogens is 3. The van der Waals surface area contributed by atoms with E-state index in [1.807, 2.05) is 29.0 Å². The molecule has 46 heavy (non-hydrogen) atoms. The summed E-state index contributed by atoms with van der Waals surface area (Å²) >= 11 is 0. The maximum Gasteiger partial charge on any atom is 0.282 e. The summed E-state index contributed by atoms with van der Waals surface area (Å²) in [6.07, 6.45) is 6.53. The number of fused-ring (bicyclic) bond motifs is 2. The number of carbonyl (C=O) groups excluding carboxylic acids is 1. The van der Waals surface area contributed by atoms with E-state index in [0.29, 0.717) is 24.2 Å². The number of aliphatic imine (C=N–C) groups is 1. The lowest BCUT2D eigenvalue weighted by atomic mass is 9.79. The average Bonchev–Trinajstić information content (AvgIpc) is 3.38. The minimum atomic E-state index is -1.11. The third kappa shape index (κ3) is 5.96. The molecule has 0 N–H and O–H groups in total. The predicted octanol–water partition coefficient (Wildman–Crippen LogP) is 4.96. The van der Waals surface area contributed by atoms with Crippen molar-refractivity contribution in [3.63, 3.8) is 0 Å². The van der Waals surface area contributed by atoms with Crippen LogP contribution in [0.2, 0.25) is 0 Å². The first-order valence-electron chi connectivity index (χ1n) is 15.9. The molecule has 240 valence electrons. The third-order valence-corrected chi connectivity index (χ3v) is 9.83. The van der Waals surface area contributed by atoms with Crippen molar-refractivity contribution in [2.24, 2.45) is 10.9 Å². The van der Waals surface area contributed by atoms with Crippen LogP contribution in [0.5, 0.6) is 0 Å². The van der Waals surface area contributed by atoms with Crippen molar-refractivity contribution in [2.75, 3.05) is 39.8 Å². The van der Waals surface area contributed by atoms with Crippen LogP contribution in [0.25, 0.3) is 5.57 Å². The van der Waals surface area contributed by atoms with Gasteiger partial charge < -0.3 is 14.5 Å². The van der Waals surface area contributed by atoms with E-state index in [4.69, 9.17) is 9.73 Å². The molecular formula is C35H37F3N6O2. The standard InChI is InChI=1S/C35H37F3N6O2/c1-21(36)35(45)44-13-12-43(19-24(44)10-11-39)33-29-15-31(38)28(27-9-5-7-22-6-3-4-8-26(22)27)16-32(29)41-34(30(33)17-40)46-20-25-14-23(37)18-42(25)2/h5,7,9,15-16,23-25,29,32H,1,3-4,6,8,10,12-14,18-20H2,2H3/t23-,24+,25+,29?,32?/m1/s1. The number of ether oxygens (including phenoxy) is 1. The Hall–Kier alpha value is -4.35. The Bertz CT molecular complexity index is 1630. The smallest absolute Gasteiger partial charge is 0.282 e. The van der Waals surface area contributed by atoms with Crippen LogP contribution >= 0.6 is 0 Å². The van der Waals surface area contributed by atoms with Gasteiger partial charge in [-0.3, -0.25) is 9.69 Å². The molecular weight excluding hydrogens is 593 g/mol. The lowest BCUT2D eigenvalue weighted by Crippen LogP contribution is -2.56. The van der Waals surface area contributed by atoms with E-state index in [0.717, 1.165) is 36.8 Å². The summed E-state index contributed by atoms with van der Waals surface area (Å²) in [4.78, 5) is 22.5. The van der Waals surface area contributed by atoms with E-state index in [1.54, 1.807) is 6.08 Å². The Kier molecular flexibility index (Phi) is 9.06. The number of hydrogen-bond acceptors (Lipinski definition) is 7. The molecule has 3 heterocycles. The number of dihydropyridines is 1. The molecule has 3 aliphatic heterocycles. The molecule has 5 atom stereocenters. The predicted molar refractivity (Wildman–Crippen MR) is 167 cm³/mol. The highest BCUT2D eigenvalue weighted by atomic mass is 19.1. The molecule has 5 aliphatic rings. The summed E-state index contributed by atoms with van der Waals surface area (Å²) in [7, 11) is 1.82. The molecule has 2 fully saturated rings. The average molecular weight is 631 g/mol. The molecule has 0 spiro atoms. The molecule has 1 amide bonds. The van der Waals surface area contributed by atoms with E-state index < -0.39 is 41.7 Å². The van der Waals surface area contributed by atoms with Crippen LogP contribution in [0.4, 0.5) is 13.2 Å². The maximum atomic E-state index is 16.2. The lowest BCUT2D eigenvalue weighted by Gasteiger charge is -2.45. The zero-order valence-corrected chi connectivity index (χ0v) is 25.9. The van der Waals surface area contributed by atoms with Gasteiger partial charge in [-0.05, 0) is 68.0 Å². The Morgan fingerprint density at radius 2 is 1.96 bits per heavy atom. The van der Waals surface area contributed by atoms with Gasteiger partial charge in [0.2, 0.25) is 5.90 Å². The van der Waals surface area contributed by atoms with E-state index >= 15 is 4.39 Å². The quantitative estimate of drug-likeness (QED) is 0.413. The van der Waals surface area contributed by atoms with Crippen molar-refractivity contribution in [2.45, 2.75) is 62.8 Å². The van der Waals surface area contributed by atoms with Crippen LogP contribution in [0.15, 0.2) is 64.8 Å². The molecule has 8 nitrogen and oxygen atoms in total. The summed E-state index contributed by atoms with van der Waals surface area (Å²) in [5, 5.41) is 20.0. The maximum absolute atomic E-state index is 16.2. The molecule has 2 saturated heterocycles. The SMILES string of the molecule is C=C(F)C(=O)N1CCN(C2=C(C#N)C(OC[C@@H]3C[C@@H](F)CN3C)=NC3C=C(c4cccc5c4CCCC5)C(F)=CC23)C[C@@H]1CC#N. The minimum absolute atomic E-state index is 0.0675. The molecule has 2 aliphatic carbocycles. The number of nitriles is 2. The molecule has 1 aromatic rings. The van der Waals surface area contributed by atoms with Crippen LogP contribution in [0.3, 0.4) is 0 Å². The minimum Gasteiger partial charge on any atom is -0.475 e. The largest absolute Gasteiger partial charge is 0.475 e. The summed E-state index contributed by atoms with van der Waals surface area (Å²) in [6.45, 7) is 3.96. The summed E-state index contributed by atoms with van der Waals surface area (Å²) in [5.41, 5.74) is 4.27. The first-order chi connectivity index (χ1) is 22.2. The Labute approximate surface area is 267 Å². The van der Waals surface area contributed by atoms with Gasteiger partial charge in [-0.1, -0.05) is 24.8 Å². The number of rotatable bonds is 6. The van der Waals surface area contributed by atoms with Crippen LogP contribution < -0.4 is 0 Å². The van der Waals surface area contributed by atoms with Gasteiger partial charge in [0, 0.05) is 49.4 Å². The normalized spacial score (nSPS) is 27.9. The molecule has 0 aromatic heterocycles. The molecule has 1 aromatic carbocycles. The molecule has 11 heteroatoms. The van der Waals surface area contributed by atoms with Gasteiger partial charge in [-0.25, -0.2) is 18.2 Å². The monoisotopic (exact) mass is 630 g/mol. The van der Waals surface area contributed by atoms with Gasteiger partial charge >= 0.3 is 0 Å². The number of likely N-dealkylation sites (N-methyl/N-ethyl adjacent to an activating group) is 1. The summed E-state index contributed by atoms with van der Waals surface area (Å²) in [6, 6.07) is 8.81. The van der Waals surface area contributed by atoms with Crippen molar-refractivity contribution in [1.82, 2.24) is 14.7 Å². The lowest BCUT2D eigenvalue weighted by molar-refractivity contribution is -0.133. The van der Waals surface area contributed by atoms with Gasteiger partial charge in [0.05, 0.1) is 24.6 Å². The number of piperazine rings is 1. The highest BCUT2D eigenvalue weighted by molar-refractivity contribution is 6.00. The van der Waals surface area contributed by atoms with Crippen LogP contribution in [-0.4, -0.2) is 90.6 Å². The fourth-order valence-electron chi connectivity index (χ4n) is 7.53. The number of carbonyl (C=O) groups is 1. The summed E-state index contributed by atoms with van der Waals surface area (Å²) in [5.74, 6) is -2.96. The van der Waals surface area contributed by atoms with Crippen molar-refractivity contribution in [3.05, 3.63) is 76.5 Å². The second-order valence-electron chi connectivity index (χ2n) is 12.7. The number of likely N-dealkylation sites (tertiary alicyclic amines) is 1. The number of hydrogen-bond donors (Lipinski definition) is 0. The van der Waals surface area contributed by atoms with E-state index in [9.17, 15) is 24.1 Å². The molecule has 2 unspecified atom stereocenters. The van der Waals surface area contributed by atoms with E-state index in [-0.39, 0.29) is 50.2 Å². The van der Waals surface area contributed by atoms with Gasteiger partial charge in [-0.15, -0.1) is 0 Å². The molecule has 0 saturated carbocycles. The van der Waals surface area contributed by atoms with Crippen molar-refractivity contribution in [3.8, 4) is 12.1 Å². The number of nitrogens with zero attached hydrogens (tertiary/aromatic N) is 6. The first-order valence-corrected chi connectivity index (χ1v) is 15.9. The highest BCUT2D eigenvalue weighted by Crippen LogP contribution is 2.43. The van der Waals surface area contributed by atoms with Crippen LogP contribution in [0.1, 0.15) is 42.4 Å². The van der Waals surface area contributed by atoms with Gasteiger partial charge in [0.15, 0.2) is 5.83 Å². The van der Waals surface area contributed by atoms with E-state index in [1.165, 1.54) is 16.5 Å². The second-order valence-corrected chi connectivity index (χ2v) is 12.7. The number of alkyl halides is 1. The number of allylic oxidation sites excluding steroid dienone is 2. The highest BCUT2D eigenvalue weighted by Gasteiger charge is 2.42. The number of aryl methyl sites for hydroxylation is 1. The topological polar surface area (TPSA) is 96.0 Å². The van der Waals surface area contributed by atoms with Crippen LogP contribution in [-0.2, 0) is 22.4 Å². The zero-order valence-electron chi connectivity index (χ0n) is 25.9. The molecule has 0 bridgehead atoms. The third-order valence-electron chi connectivity index (χ3n) is 9.83. The second kappa shape index (κ2) is 13.2. The molecule has 0 radical (unpaired) electrons. The van der Waals surface area contributed by atoms with Crippen LogP contribution in [0, 0.1) is 28.6 Å². The van der Waals surface area contributed by atoms with Gasteiger partial charge in [-0.2, -0.15) is 10.5 Å². The number of benzene rings is 1. The van der Waals surface area contributed by atoms with E-state index in [2.05, 4.69) is 24.8 Å². The van der Waals surface area contributed by atoms with Gasteiger partial charge in [0.1, 0.15) is 30.2 Å². The Morgan fingerprint density at radius 3 is 2.67 bits per heavy atom. The fourth-order valence-corrected chi connectivity index (χ4v) is 7.53. The van der Waals surface area contributed by atoms with Crippen molar-refractivity contribution in [1.29, 1.82) is 10.5 Å². The first kappa shape index (κ1) is 31.6. The van der Waals surface area contributed by atoms with Gasteiger partial charge in [0.25, 0.3) is 5.91 Å². The fraction of sp³-hybridized carbons (Fsp3) is 0.486. The summed E-state index contributed by atoms with van der Waals surface area (Å²) < 4.78 is 50.4. The van der Waals surface area contributed by atoms with Crippen molar-refractivity contribution >= 4 is 17.4 Å². The van der Waals surface area contributed by atoms with Crippen molar-refractivity contribution < 1.29 is 22.7 Å². The molecule has 6 rings (SSSR count).